The maximum Gasteiger partial charge on any atom is 0.405 e. The Labute approximate surface area is 230 Å². The number of hydrogen-bond donors (Lipinski definition) is 4. The molecule has 1 aliphatic carbocycles. The number of primary amides is 1. The maximum atomic E-state index is 12.4. The molecular weight excluding hydrogens is 518 g/mol. The van der Waals surface area contributed by atoms with Crippen LogP contribution >= 0.6 is 11.8 Å². The van der Waals surface area contributed by atoms with Crippen LogP contribution in [0.1, 0.15) is 66.0 Å². The molecule has 1 saturated carbocycles. The molecule has 1 saturated heterocycles. The van der Waals surface area contributed by atoms with Gasteiger partial charge in [-0.1, -0.05) is 42.1 Å². The van der Waals surface area contributed by atoms with E-state index in [0.717, 1.165) is 24.6 Å². The number of nitrogens with two attached hydrogens (primary N) is 1. The number of carboxylic acid groups (broad SMARTS) is 1. The molecule has 0 spiro atoms. The predicted molar refractivity (Wildman–Crippen MR) is 144 cm³/mol. The number of pyridine rings is 1. The highest BCUT2D eigenvalue weighted by Gasteiger charge is 2.36. The third-order valence-electron chi connectivity index (χ3n) is 6.86. The van der Waals surface area contributed by atoms with E-state index in [9.17, 15) is 24.9 Å². The molecule has 1 aromatic carbocycles. The molecule has 2 unspecified atom stereocenters. The molecule has 1 aliphatic heterocycles. The van der Waals surface area contributed by atoms with Gasteiger partial charge in [-0.05, 0) is 49.7 Å². The van der Waals surface area contributed by atoms with E-state index in [4.69, 9.17) is 15.8 Å². The molecule has 0 bridgehead atoms. The lowest BCUT2D eigenvalue weighted by atomic mass is 9.98. The van der Waals surface area contributed by atoms with Crippen LogP contribution in [0.4, 0.5) is 10.6 Å². The van der Waals surface area contributed by atoms with Crippen molar-refractivity contribution in [3.63, 3.8) is 0 Å². The molecule has 12 heteroatoms. The van der Waals surface area contributed by atoms with Gasteiger partial charge >= 0.3 is 6.09 Å². The molecule has 1 aromatic heterocycles. The second-order valence-corrected chi connectivity index (χ2v) is 10.7. The number of aromatic nitrogens is 1. The third kappa shape index (κ3) is 6.41. The minimum atomic E-state index is -1.27. The average molecular weight is 548 g/mol. The van der Waals surface area contributed by atoms with Crippen molar-refractivity contribution in [3.05, 3.63) is 52.6 Å². The fourth-order valence-corrected chi connectivity index (χ4v) is 5.77. The minimum Gasteiger partial charge on any atom is -0.465 e. The predicted octanol–water partition coefficient (Wildman–Crippen LogP) is 2.76. The number of carbonyl (C=O) groups is 3. The van der Waals surface area contributed by atoms with Gasteiger partial charge < -0.3 is 26.4 Å². The lowest BCUT2D eigenvalue weighted by Crippen LogP contribution is -2.51. The molecule has 2 aliphatic rings. The minimum absolute atomic E-state index is 0.0826. The molecule has 0 radical (unpaired) electrons. The molecule has 11 nitrogen and oxygen atoms in total. The summed E-state index contributed by atoms with van der Waals surface area (Å²) in [5.74, 6) is -0.417. The van der Waals surface area contributed by atoms with Crippen molar-refractivity contribution in [2.75, 3.05) is 18.0 Å². The van der Waals surface area contributed by atoms with Gasteiger partial charge in [-0.2, -0.15) is 10.5 Å². The number of nitriles is 2. The van der Waals surface area contributed by atoms with Crippen molar-refractivity contribution in [2.45, 2.75) is 60.9 Å². The van der Waals surface area contributed by atoms with E-state index in [1.54, 1.807) is 12.1 Å². The van der Waals surface area contributed by atoms with Gasteiger partial charge in [-0.3, -0.25) is 9.59 Å². The van der Waals surface area contributed by atoms with Crippen LogP contribution < -0.4 is 21.3 Å². The molecule has 2 aromatic rings. The molecule has 2 fully saturated rings. The summed E-state index contributed by atoms with van der Waals surface area (Å²) in [6.07, 6.45) is 1.59. The van der Waals surface area contributed by atoms with E-state index in [0.29, 0.717) is 59.0 Å². The van der Waals surface area contributed by atoms with Crippen molar-refractivity contribution in [1.29, 1.82) is 10.5 Å². The number of carbonyl (C=O) groups excluding carboxylic acids is 2. The fourth-order valence-electron chi connectivity index (χ4n) is 4.72. The van der Waals surface area contributed by atoms with Crippen molar-refractivity contribution >= 4 is 35.5 Å². The van der Waals surface area contributed by atoms with Gasteiger partial charge in [-0.15, -0.1) is 0 Å². The van der Waals surface area contributed by atoms with Crippen molar-refractivity contribution in [3.8, 4) is 12.1 Å². The lowest BCUT2D eigenvalue weighted by molar-refractivity contribution is -0.123. The first-order chi connectivity index (χ1) is 18.7. The first kappa shape index (κ1) is 27.7. The average Bonchev–Trinajstić information content (AvgIpc) is 3.76. The lowest BCUT2D eigenvalue weighted by Gasteiger charge is -2.34. The van der Waals surface area contributed by atoms with Gasteiger partial charge in [0.15, 0.2) is 0 Å². The monoisotopic (exact) mass is 547 g/mol. The van der Waals surface area contributed by atoms with Gasteiger partial charge in [0.1, 0.15) is 34.3 Å². The zero-order valence-electron chi connectivity index (χ0n) is 21.4. The number of nitrogens with zero attached hydrogens (tertiary/aromatic N) is 4. The first-order valence-corrected chi connectivity index (χ1v) is 13.5. The SMILES string of the molecule is CC(NC(=O)O)C(=O)NC1CCN(c2nc(SC(C(N)=O)c3ccccc3)c(C#N)c(C3CC3)c2C#N)CC1. The Hall–Kier alpha value is -4.29. The summed E-state index contributed by atoms with van der Waals surface area (Å²) < 4.78 is 0. The first-order valence-electron chi connectivity index (χ1n) is 12.7. The second kappa shape index (κ2) is 12.0. The van der Waals surface area contributed by atoms with Crippen LogP contribution in [0.5, 0.6) is 0 Å². The summed E-state index contributed by atoms with van der Waals surface area (Å²) in [6.45, 7) is 2.46. The van der Waals surface area contributed by atoms with Crippen LogP contribution in [0.15, 0.2) is 35.4 Å². The van der Waals surface area contributed by atoms with Crippen LogP contribution in [0.25, 0.3) is 0 Å². The quantitative estimate of drug-likeness (QED) is 0.343. The summed E-state index contributed by atoms with van der Waals surface area (Å²) in [7, 11) is 0. The molecule has 3 amide bonds. The highest BCUT2D eigenvalue weighted by Crippen LogP contribution is 2.48. The van der Waals surface area contributed by atoms with E-state index in [1.165, 1.54) is 6.92 Å². The highest BCUT2D eigenvalue weighted by atomic mass is 32.2. The van der Waals surface area contributed by atoms with Crippen LogP contribution in [-0.2, 0) is 9.59 Å². The normalized spacial score (nSPS) is 16.8. The van der Waals surface area contributed by atoms with Gasteiger partial charge in [0.2, 0.25) is 11.8 Å². The van der Waals surface area contributed by atoms with E-state index >= 15 is 0 Å². The van der Waals surface area contributed by atoms with Crippen molar-refractivity contribution in [2.24, 2.45) is 5.73 Å². The number of nitrogens with one attached hydrogen (secondary N) is 2. The smallest absolute Gasteiger partial charge is 0.405 e. The Morgan fingerprint density at radius 2 is 1.74 bits per heavy atom. The van der Waals surface area contributed by atoms with E-state index in [-0.39, 0.29) is 12.0 Å². The summed E-state index contributed by atoms with van der Waals surface area (Å²) >= 11 is 1.12. The second-order valence-electron chi connectivity index (χ2n) is 9.65. The Bertz CT molecular complexity index is 1340. The van der Waals surface area contributed by atoms with Gasteiger partial charge in [0.25, 0.3) is 0 Å². The Balaban J connectivity index is 1.62. The van der Waals surface area contributed by atoms with E-state index < -0.39 is 29.2 Å². The van der Waals surface area contributed by atoms with Crippen molar-refractivity contribution in [1.82, 2.24) is 15.6 Å². The van der Waals surface area contributed by atoms with E-state index in [1.807, 2.05) is 23.1 Å². The van der Waals surface area contributed by atoms with Gasteiger partial charge in [0.05, 0.1) is 11.1 Å². The number of hydrogen-bond acceptors (Lipinski definition) is 8. The number of anilines is 1. The summed E-state index contributed by atoms with van der Waals surface area (Å²) in [4.78, 5) is 42.3. The number of piperidine rings is 1. The summed E-state index contributed by atoms with van der Waals surface area (Å²) in [6, 6.07) is 12.5. The van der Waals surface area contributed by atoms with Crippen LogP contribution in [0.3, 0.4) is 0 Å². The molecule has 39 heavy (non-hydrogen) atoms. The van der Waals surface area contributed by atoms with Crippen LogP contribution in [0.2, 0.25) is 0 Å². The molecule has 202 valence electrons. The fraction of sp³-hybridized carbons (Fsp3) is 0.407. The highest BCUT2D eigenvalue weighted by molar-refractivity contribution is 8.00. The van der Waals surface area contributed by atoms with Crippen LogP contribution in [0, 0.1) is 22.7 Å². The number of thioether (sulfide) groups is 1. The Morgan fingerprint density at radius 1 is 1.10 bits per heavy atom. The zero-order chi connectivity index (χ0) is 28.1. The topological polar surface area (TPSA) is 185 Å². The zero-order valence-corrected chi connectivity index (χ0v) is 22.2. The van der Waals surface area contributed by atoms with Crippen molar-refractivity contribution < 1.29 is 19.5 Å². The van der Waals surface area contributed by atoms with Gasteiger partial charge in [-0.25, -0.2) is 9.78 Å². The maximum absolute atomic E-state index is 12.4. The standard InChI is InChI=1S/C27H29N7O4S/c1-15(31-27(37)38)25(36)32-18-9-11-34(12-10-18)24-19(13-28)21(16-7-8-16)20(14-29)26(33-24)39-22(23(30)35)17-5-3-2-4-6-17/h2-6,15-16,18,22,31H,7-12H2,1H3,(H2,30,35)(H,32,36)(H,37,38). The number of amides is 3. The molecule has 5 N–H and O–H groups in total. The van der Waals surface area contributed by atoms with Gasteiger partial charge in [0, 0.05) is 19.1 Å². The number of rotatable bonds is 9. The largest absolute Gasteiger partial charge is 0.465 e. The molecule has 4 rings (SSSR count). The third-order valence-corrected chi connectivity index (χ3v) is 8.12. The number of benzene rings is 1. The van der Waals surface area contributed by atoms with Crippen LogP contribution in [-0.4, -0.2) is 53.2 Å². The molecule has 2 heterocycles. The Morgan fingerprint density at radius 3 is 2.28 bits per heavy atom. The molecular formula is C27H29N7O4S. The van der Waals surface area contributed by atoms with E-state index in [2.05, 4.69) is 22.8 Å². The summed E-state index contributed by atoms with van der Waals surface area (Å²) in [5.41, 5.74) is 7.81. The molecule has 2 atom stereocenters. The summed E-state index contributed by atoms with van der Waals surface area (Å²) in [5, 5.41) is 33.7. The Kier molecular flexibility index (Phi) is 8.57.